The molecule has 0 aliphatic carbocycles. The van der Waals surface area contributed by atoms with Crippen molar-refractivity contribution in [2.24, 2.45) is 5.16 Å². The number of halogens is 1. The van der Waals surface area contributed by atoms with Crippen molar-refractivity contribution in [1.29, 1.82) is 0 Å². The Hall–Kier alpha value is -1.84. The van der Waals surface area contributed by atoms with Crippen molar-refractivity contribution in [1.82, 2.24) is 0 Å². The van der Waals surface area contributed by atoms with E-state index >= 15 is 0 Å². The molecule has 0 aliphatic rings. The summed E-state index contributed by atoms with van der Waals surface area (Å²) in [5.74, 6) is 0. The number of rotatable bonds is 4. The fourth-order valence-electron chi connectivity index (χ4n) is 1.73. The molecule has 100 valence electrons. The molecule has 0 unspecified atom stereocenters. The molecule has 0 radical (unpaired) electrons. The Morgan fingerprint density at radius 1 is 1.00 bits per heavy atom. The number of quaternary nitrogens is 1. The summed E-state index contributed by atoms with van der Waals surface area (Å²) in [7, 11) is 0. The zero-order valence-corrected chi connectivity index (χ0v) is 11.6. The summed E-state index contributed by atoms with van der Waals surface area (Å²) in [6.07, 6.45) is 0. The summed E-state index contributed by atoms with van der Waals surface area (Å²) < 4.78 is 0. The molecule has 0 heterocycles. The van der Waals surface area contributed by atoms with Gasteiger partial charge in [0, 0.05) is 0 Å². The van der Waals surface area contributed by atoms with Gasteiger partial charge in [0.2, 0.25) is 6.73 Å². The Morgan fingerprint density at radius 3 is 2.16 bits per heavy atom. The van der Waals surface area contributed by atoms with Crippen LogP contribution in [0.1, 0.15) is 12.5 Å². The summed E-state index contributed by atoms with van der Waals surface area (Å²) in [6.45, 7) is 2.27. The van der Waals surface area contributed by atoms with E-state index < -0.39 is 0 Å². The van der Waals surface area contributed by atoms with Crippen molar-refractivity contribution >= 4 is 5.71 Å². The van der Waals surface area contributed by atoms with E-state index in [4.69, 9.17) is 4.84 Å². The van der Waals surface area contributed by atoms with Crippen LogP contribution in [0.3, 0.4) is 0 Å². The van der Waals surface area contributed by atoms with Crippen LogP contribution in [0, 0.1) is 0 Å². The smallest absolute Gasteiger partial charge is 0.243 e. The lowest BCUT2D eigenvalue weighted by molar-refractivity contribution is -0.431. The SMILES string of the molecule is C/C(=N\OC[NH3+])c1ccc(-c2ccccc2)cc1.[Cl-]. The standard InChI is InChI=1S/C15H16N2O.ClH/c1-12(17-18-11-16)13-7-9-15(10-8-13)14-5-3-2-4-6-14;/h2-10H,11,16H2,1H3;1H/b17-12+;. The third kappa shape index (κ3) is 4.09. The van der Waals surface area contributed by atoms with E-state index in [0.717, 1.165) is 11.3 Å². The molecule has 0 spiro atoms. The normalized spacial score (nSPS) is 10.7. The molecule has 4 heteroatoms. The minimum absolute atomic E-state index is 0. The molecule has 2 rings (SSSR count). The van der Waals surface area contributed by atoms with E-state index in [9.17, 15) is 0 Å². The van der Waals surface area contributed by atoms with Gasteiger partial charge in [-0.15, -0.1) is 0 Å². The summed E-state index contributed by atoms with van der Waals surface area (Å²) in [5, 5.41) is 3.97. The second-order valence-electron chi connectivity index (χ2n) is 3.95. The Morgan fingerprint density at radius 2 is 1.58 bits per heavy atom. The van der Waals surface area contributed by atoms with Gasteiger partial charge in [-0.1, -0.05) is 59.8 Å². The minimum atomic E-state index is 0. The van der Waals surface area contributed by atoms with E-state index in [-0.39, 0.29) is 12.4 Å². The third-order valence-electron chi connectivity index (χ3n) is 2.70. The molecule has 3 nitrogen and oxygen atoms in total. The van der Waals surface area contributed by atoms with Crippen molar-refractivity contribution in [2.45, 2.75) is 6.92 Å². The summed E-state index contributed by atoms with van der Waals surface area (Å²) >= 11 is 0. The molecule has 3 N–H and O–H groups in total. The number of hydrogen-bond acceptors (Lipinski definition) is 2. The Balaban J connectivity index is 0.00000180. The predicted octanol–water partition coefficient (Wildman–Crippen LogP) is -0.702. The molecular weight excluding hydrogens is 260 g/mol. The van der Waals surface area contributed by atoms with Crippen LogP contribution in [0.4, 0.5) is 0 Å². The van der Waals surface area contributed by atoms with Crippen LogP contribution in [0.25, 0.3) is 11.1 Å². The lowest BCUT2D eigenvalue weighted by atomic mass is 10.0. The van der Waals surface area contributed by atoms with Gasteiger partial charge in [0.05, 0.1) is 5.71 Å². The topological polar surface area (TPSA) is 49.2 Å². The molecule has 2 aromatic rings. The van der Waals surface area contributed by atoms with Crippen molar-refractivity contribution in [3.8, 4) is 11.1 Å². The van der Waals surface area contributed by atoms with Crippen molar-refractivity contribution < 1.29 is 23.0 Å². The summed E-state index contributed by atoms with van der Waals surface area (Å²) in [6, 6.07) is 18.6. The highest BCUT2D eigenvalue weighted by atomic mass is 35.5. The van der Waals surface area contributed by atoms with Crippen molar-refractivity contribution in [3.63, 3.8) is 0 Å². The maximum absolute atomic E-state index is 4.94. The first-order valence-corrected chi connectivity index (χ1v) is 5.93. The predicted molar refractivity (Wildman–Crippen MR) is 72.9 cm³/mol. The Bertz CT molecular complexity index is 524. The van der Waals surface area contributed by atoms with Crippen molar-refractivity contribution in [3.05, 3.63) is 60.2 Å². The molecule has 0 amide bonds. The van der Waals surface area contributed by atoms with Crippen LogP contribution in [0.15, 0.2) is 59.8 Å². The van der Waals surface area contributed by atoms with Gasteiger partial charge in [-0.2, -0.15) is 0 Å². The lowest BCUT2D eigenvalue weighted by Gasteiger charge is -2.04. The van der Waals surface area contributed by atoms with E-state index in [2.05, 4.69) is 35.2 Å². The Labute approximate surface area is 119 Å². The van der Waals surface area contributed by atoms with E-state index in [1.807, 2.05) is 37.3 Å². The average molecular weight is 277 g/mol. The third-order valence-corrected chi connectivity index (χ3v) is 2.70. The summed E-state index contributed by atoms with van der Waals surface area (Å²) in [4.78, 5) is 4.94. The Kier molecular flexibility index (Phi) is 6.06. The molecule has 0 fully saturated rings. The van der Waals surface area contributed by atoms with Gasteiger partial charge in [0.1, 0.15) is 0 Å². The maximum atomic E-state index is 4.94. The highest BCUT2D eigenvalue weighted by Crippen LogP contribution is 2.19. The van der Waals surface area contributed by atoms with E-state index in [1.54, 1.807) is 0 Å². The molecule has 0 saturated heterocycles. The quantitative estimate of drug-likeness (QED) is 0.448. The van der Waals surface area contributed by atoms with E-state index in [0.29, 0.717) is 6.73 Å². The van der Waals surface area contributed by atoms with Gasteiger partial charge in [0.15, 0.2) is 0 Å². The van der Waals surface area contributed by atoms with Crippen molar-refractivity contribution in [2.75, 3.05) is 6.73 Å². The first kappa shape index (κ1) is 15.2. The minimum Gasteiger partial charge on any atom is -1.00 e. The van der Waals surface area contributed by atoms with Crippen LogP contribution in [0.2, 0.25) is 0 Å². The molecule has 0 aromatic heterocycles. The fraction of sp³-hybridized carbons (Fsp3) is 0.133. The lowest BCUT2D eigenvalue weighted by Crippen LogP contribution is -3.00. The summed E-state index contributed by atoms with van der Waals surface area (Å²) in [5.41, 5.74) is 7.91. The van der Waals surface area contributed by atoms with Gasteiger partial charge in [-0.3, -0.25) is 0 Å². The van der Waals surface area contributed by atoms with Crippen LogP contribution in [-0.4, -0.2) is 12.4 Å². The molecule has 19 heavy (non-hydrogen) atoms. The monoisotopic (exact) mass is 276 g/mol. The number of hydrogen-bond donors (Lipinski definition) is 1. The van der Waals surface area contributed by atoms with Gasteiger partial charge in [-0.25, -0.2) is 0 Å². The highest BCUT2D eigenvalue weighted by Gasteiger charge is 2.00. The van der Waals surface area contributed by atoms with Crippen LogP contribution in [-0.2, 0) is 4.84 Å². The molecule has 0 atom stereocenters. The second kappa shape index (κ2) is 7.56. The highest BCUT2D eigenvalue weighted by molar-refractivity contribution is 5.98. The van der Waals surface area contributed by atoms with Crippen LogP contribution in [0.5, 0.6) is 0 Å². The number of nitrogens with zero attached hydrogens (tertiary/aromatic N) is 1. The number of benzene rings is 2. The van der Waals surface area contributed by atoms with Crippen LogP contribution < -0.4 is 18.1 Å². The average Bonchev–Trinajstić information content (AvgIpc) is 2.46. The van der Waals surface area contributed by atoms with E-state index in [1.165, 1.54) is 11.1 Å². The number of oxime groups is 1. The van der Waals surface area contributed by atoms with Gasteiger partial charge >= 0.3 is 0 Å². The molecule has 0 aliphatic heterocycles. The first-order valence-electron chi connectivity index (χ1n) is 5.93. The maximum Gasteiger partial charge on any atom is 0.243 e. The zero-order valence-electron chi connectivity index (χ0n) is 10.8. The molecule has 0 saturated carbocycles. The van der Waals surface area contributed by atoms with Crippen LogP contribution >= 0.6 is 0 Å². The molecule has 2 aromatic carbocycles. The largest absolute Gasteiger partial charge is 1.00 e. The van der Waals surface area contributed by atoms with Gasteiger partial charge in [0.25, 0.3) is 0 Å². The molecular formula is C15H17ClN2O. The molecule has 0 bridgehead atoms. The van der Waals surface area contributed by atoms with Gasteiger partial charge < -0.3 is 23.0 Å². The van der Waals surface area contributed by atoms with Gasteiger partial charge in [-0.05, 0) is 23.6 Å². The first-order chi connectivity index (χ1) is 8.81. The second-order valence-corrected chi connectivity index (χ2v) is 3.95. The zero-order chi connectivity index (χ0) is 12.8. The fourth-order valence-corrected chi connectivity index (χ4v) is 1.73.